The van der Waals surface area contributed by atoms with Crippen molar-refractivity contribution in [2.75, 3.05) is 0 Å². The molecule has 0 heterocycles. The Morgan fingerprint density at radius 2 is 1.61 bits per heavy atom. The van der Waals surface area contributed by atoms with Crippen molar-refractivity contribution in [3.05, 3.63) is 0 Å². The van der Waals surface area contributed by atoms with E-state index in [0.29, 0.717) is 23.7 Å². The van der Waals surface area contributed by atoms with Crippen LogP contribution in [-0.2, 0) is 0 Å². The van der Waals surface area contributed by atoms with Crippen LogP contribution in [0, 0.1) is 34.5 Å². The third-order valence-corrected chi connectivity index (χ3v) is 8.81. The van der Waals surface area contributed by atoms with Crippen LogP contribution < -0.4 is 11.5 Å². The van der Waals surface area contributed by atoms with E-state index in [-0.39, 0.29) is 35.1 Å². The molecule has 23 heavy (non-hydrogen) atoms. The van der Waals surface area contributed by atoms with Crippen molar-refractivity contribution in [2.45, 2.75) is 83.1 Å². The van der Waals surface area contributed by atoms with E-state index in [1.54, 1.807) is 0 Å². The molecule has 4 aliphatic carbocycles. The highest BCUT2D eigenvalue weighted by Crippen LogP contribution is 2.65. The molecule has 4 fully saturated rings. The predicted octanol–water partition coefficient (Wildman–Crippen LogP) is 1.63. The van der Waals surface area contributed by atoms with Gasteiger partial charge >= 0.3 is 0 Å². The predicted molar refractivity (Wildman–Crippen MR) is 90.5 cm³/mol. The van der Waals surface area contributed by atoms with Gasteiger partial charge in [-0.25, -0.2) is 0 Å². The molecule has 0 bridgehead atoms. The molecule has 1 unspecified atom stereocenters. The van der Waals surface area contributed by atoms with E-state index < -0.39 is 0 Å². The maximum atomic E-state index is 10.6. The lowest BCUT2D eigenvalue weighted by Gasteiger charge is -2.61. The zero-order valence-corrected chi connectivity index (χ0v) is 14.6. The monoisotopic (exact) mass is 322 g/mol. The SMILES string of the molecule is C[C@]12CC[C@H]3[C@@H](CCC4C[C@H](O)[C@@H](N)C[C@@]43C)[C@@H]1C[C@H](N)[C@@H]2O. The summed E-state index contributed by atoms with van der Waals surface area (Å²) in [6.07, 6.45) is 6.89. The molecule has 4 nitrogen and oxygen atoms in total. The van der Waals surface area contributed by atoms with Gasteiger partial charge in [-0.05, 0) is 79.4 Å². The van der Waals surface area contributed by atoms with Crippen molar-refractivity contribution >= 4 is 0 Å². The number of hydrogen-bond donors (Lipinski definition) is 4. The molecule has 0 spiro atoms. The summed E-state index contributed by atoms with van der Waals surface area (Å²) in [6, 6.07) is -0.121. The molecular weight excluding hydrogens is 288 g/mol. The summed E-state index contributed by atoms with van der Waals surface area (Å²) >= 11 is 0. The molecule has 10 atom stereocenters. The second-order valence-corrected chi connectivity index (χ2v) is 9.72. The van der Waals surface area contributed by atoms with E-state index >= 15 is 0 Å². The standard InChI is InChI=1S/C19H34N2O2/c1-18-6-5-12-11(13(18)8-14(20)17(18)23)4-3-10-7-16(22)15(21)9-19(10,12)2/h10-17,22-23H,3-9,20-21H2,1-2H3/t10?,11-,12+,13+,14+,15+,16+,17+,18+,19+/m1/s1. The quantitative estimate of drug-likeness (QED) is 0.545. The summed E-state index contributed by atoms with van der Waals surface area (Å²) in [5.41, 5.74) is 12.8. The van der Waals surface area contributed by atoms with Crippen molar-refractivity contribution in [3.8, 4) is 0 Å². The highest BCUT2D eigenvalue weighted by atomic mass is 16.3. The Bertz CT molecular complexity index is 486. The summed E-state index contributed by atoms with van der Waals surface area (Å²) in [6.45, 7) is 4.71. The Labute approximate surface area is 140 Å². The van der Waals surface area contributed by atoms with E-state index in [1.807, 2.05) is 0 Å². The smallest absolute Gasteiger partial charge is 0.0747 e. The van der Waals surface area contributed by atoms with Gasteiger partial charge < -0.3 is 21.7 Å². The minimum absolute atomic E-state index is 0.0140. The molecule has 0 radical (unpaired) electrons. The maximum absolute atomic E-state index is 10.6. The fourth-order valence-electron chi connectivity index (χ4n) is 7.42. The highest BCUT2D eigenvalue weighted by molar-refractivity contribution is 5.12. The fourth-order valence-corrected chi connectivity index (χ4v) is 7.42. The van der Waals surface area contributed by atoms with Gasteiger partial charge in [-0.3, -0.25) is 0 Å². The molecule has 0 amide bonds. The zero-order chi connectivity index (χ0) is 16.6. The topological polar surface area (TPSA) is 92.5 Å². The average Bonchev–Trinajstić information content (AvgIpc) is 2.73. The van der Waals surface area contributed by atoms with Gasteiger partial charge in [0.1, 0.15) is 0 Å². The average molecular weight is 322 g/mol. The van der Waals surface area contributed by atoms with Crippen LogP contribution in [0.1, 0.15) is 58.8 Å². The summed E-state index contributed by atoms with van der Waals surface area (Å²) < 4.78 is 0. The van der Waals surface area contributed by atoms with Crippen LogP contribution in [0.5, 0.6) is 0 Å². The van der Waals surface area contributed by atoms with Gasteiger partial charge in [-0.1, -0.05) is 13.8 Å². The van der Waals surface area contributed by atoms with Crippen molar-refractivity contribution in [2.24, 2.45) is 46.0 Å². The minimum Gasteiger partial charge on any atom is -0.392 e. The number of rotatable bonds is 0. The van der Waals surface area contributed by atoms with Crippen molar-refractivity contribution in [1.82, 2.24) is 0 Å². The van der Waals surface area contributed by atoms with Gasteiger partial charge in [0.05, 0.1) is 12.2 Å². The molecule has 0 aromatic carbocycles. The van der Waals surface area contributed by atoms with E-state index in [9.17, 15) is 10.2 Å². The van der Waals surface area contributed by atoms with Crippen molar-refractivity contribution in [3.63, 3.8) is 0 Å². The van der Waals surface area contributed by atoms with Crippen LogP contribution in [0.4, 0.5) is 0 Å². The highest BCUT2D eigenvalue weighted by Gasteiger charge is 2.62. The first-order chi connectivity index (χ1) is 10.8. The van der Waals surface area contributed by atoms with Gasteiger partial charge in [0.25, 0.3) is 0 Å². The van der Waals surface area contributed by atoms with E-state index in [0.717, 1.165) is 25.7 Å². The van der Waals surface area contributed by atoms with E-state index in [4.69, 9.17) is 11.5 Å². The second-order valence-electron chi connectivity index (χ2n) is 9.72. The minimum atomic E-state index is -0.339. The Balaban J connectivity index is 1.64. The third kappa shape index (κ3) is 2.11. The lowest BCUT2D eigenvalue weighted by molar-refractivity contribution is -0.138. The summed E-state index contributed by atoms with van der Waals surface area (Å²) in [4.78, 5) is 0. The first-order valence-electron chi connectivity index (χ1n) is 9.64. The molecule has 0 aliphatic heterocycles. The summed E-state index contributed by atoms with van der Waals surface area (Å²) in [5.74, 6) is 2.55. The fraction of sp³-hybridized carbons (Fsp3) is 1.00. The number of aliphatic hydroxyl groups is 2. The molecule has 4 heteroatoms. The molecule has 6 N–H and O–H groups in total. The van der Waals surface area contributed by atoms with Gasteiger partial charge in [0, 0.05) is 12.1 Å². The number of hydrogen-bond acceptors (Lipinski definition) is 4. The lowest BCUT2D eigenvalue weighted by Crippen LogP contribution is -2.58. The zero-order valence-electron chi connectivity index (χ0n) is 14.6. The largest absolute Gasteiger partial charge is 0.392 e. The maximum Gasteiger partial charge on any atom is 0.0747 e. The summed E-state index contributed by atoms with van der Waals surface area (Å²) in [5, 5.41) is 20.9. The third-order valence-electron chi connectivity index (χ3n) is 8.81. The molecule has 0 aromatic heterocycles. The first kappa shape index (κ1) is 16.3. The Kier molecular flexibility index (Phi) is 3.67. The van der Waals surface area contributed by atoms with Crippen LogP contribution in [0.15, 0.2) is 0 Å². The van der Waals surface area contributed by atoms with Crippen LogP contribution in [0.3, 0.4) is 0 Å². The van der Waals surface area contributed by atoms with Crippen molar-refractivity contribution in [1.29, 1.82) is 0 Å². The Morgan fingerprint density at radius 1 is 0.870 bits per heavy atom. The van der Waals surface area contributed by atoms with E-state index in [2.05, 4.69) is 13.8 Å². The first-order valence-corrected chi connectivity index (χ1v) is 9.64. The van der Waals surface area contributed by atoms with Crippen LogP contribution in [-0.4, -0.2) is 34.5 Å². The van der Waals surface area contributed by atoms with Crippen LogP contribution in [0.25, 0.3) is 0 Å². The molecule has 132 valence electrons. The lowest BCUT2D eigenvalue weighted by atomic mass is 9.44. The molecule has 4 saturated carbocycles. The van der Waals surface area contributed by atoms with Gasteiger partial charge in [0.2, 0.25) is 0 Å². The van der Waals surface area contributed by atoms with Gasteiger partial charge in [-0.15, -0.1) is 0 Å². The molecule has 0 saturated heterocycles. The van der Waals surface area contributed by atoms with Gasteiger partial charge in [-0.2, -0.15) is 0 Å². The summed E-state index contributed by atoms with van der Waals surface area (Å²) in [7, 11) is 0. The second kappa shape index (κ2) is 5.17. The van der Waals surface area contributed by atoms with Crippen LogP contribution in [0.2, 0.25) is 0 Å². The molecule has 4 rings (SSSR count). The van der Waals surface area contributed by atoms with E-state index in [1.165, 1.54) is 19.3 Å². The number of nitrogens with two attached hydrogens (primary N) is 2. The molecule has 4 aliphatic rings. The molecular formula is C19H34N2O2. The van der Waals surface area contributed by atoms with Crippen molar-refractivity contribution < 1.29 is 10.2 Å². The number of aliphatic hydroxyl groups excluding tert-OH is 2. The van der Waals surface area contributed by atoms with Gasteiger partial charge in [0.15, 0.2) is 0 Å². The number of fused-ring (bicyclic) bond motifs is 5. The van der Waals surface area contributed by atoms with Crippen LogP contribution >= 0.6 is 0 Å². The molecule has 0 aromatic rings. The Hall–Kier alpha value is -0.160. The Morgan fingerprint density at radius 3 is 2.35 bits per heavy atom. The normalized spacial score (nSPS) is 62.3.